The van der Waals surface area contributed by atoms with Crippen LogP contribution in [0.15, 0.2) is 12.1 Å². The second-order valence-corrected chi connectivity index (χ2v) is 4.06. The number of piperazine rings is 1. The fraction of sp³-hybridized carbons (Fsp3) is 0.364. The van der Waals surface area contributed by atoms with Gasteiger partial charge in [-0.15, -0.1) is 0 Å². The van der Waals surface area contributed by atoms with Gasteiger partial charge in [-0.1, -0.05) is 0 Å². The van der Waals surface area contributed by atoms with Gasteiger partial charge in [0.25, 0.3) is 0 Å². The molecule has 1 aromatic heterocycles. The summed E-state index contributed by atoms with van der Waals surface area (Å²) in [5, 5.41) is 2.28. The van der Waals surface area contributed by atoms with E-state index in [2.05, 4.69) is 10.3 Å². The van der Waals surface area contributed by atoms with Crippen molar-refractivity contribution in [1.29, 1.82) is 0 Å². The molecule has 1 atom stereocenters. The van der Waals surface area contributed by atoms with Gasteiger partial charge in [0.1, 0.15) is 11.9 Å². The lowest BCUT2D eigenvalue weighted by Gasteiger charge is -2.32. The van der Waals surface area contributed by atoms with Crippen molar-refractivity contribution in [3.05, 3.63) is 17.8 Å². The molecule has 1 aromatic rings. The van der Waals surface area contributed by atoms with Crippen molar-refractivity contribution in [3.8, 4) is 0 Å². The minimum atomic E-state index is -0.414. The Morgan fingerprint density at radius 2 is 2.18 bits per heavy atom. The quantitative estimate of drug-likeness (QED) is 0.658. The fourth-order valence-corrected chi connectivity index (χ4v) is 1.71. The predicted molar refractivity (Wildman–Crippen MR) is 63.3 cm³/mol. The summed E-state index contributed by atoms with van der Waals surface area (Å²) in [6.45, 7) is 3.65. The molecule has 0 radical (unpaired) electrons. The average Bonchev–Trinajstić information content (AvgIpc) is 2.27. The van der Waals surface area contributed by atoms with E-state index in [0.717, 1.165) is 0 Å². The van der Waals surface area contributed by atoms with Crippen LogP contribution in [0, 0.1) is 6.92 Å². The van der Waals surface area contributed by atoms with E-state index in [-0.39, 0.29) is 18.4 Å². The molecule has 1 saturated heterocycles. The minimum absolute atomic E-state index is 0.128. The first-order valence-corrected chi connectivity index (χ1v) is 5.32. The van der Waals surface area contributed by atoms with Gasteiger partial charge < -0.3 is 10.6 Å². The molecule has 2 heterocycles. The third kappa shape index (κ3) is 2.06. The summed E-state index contributed by atoms with van der Waals surface area (Å²) in [5.74, 6) is -0.0330. The second-order valence-electron chi connectivity index (χ2n) is 4.06. The van der Waals surface area contributed by atoms with Crippen molar-refractivity contribution in [3.63, 3.8) is 0 Å². The standard InChI is InChI=1S/C11H14N4O2/c1-6-8(12)3-4-9(13-6)15-5-10(16)14-11(17)7(15)2/h3-4,7H,5,12H2,1-2H3,(H,14,16,17). The van der Waals surface area contributed by atoms with E-state index in [1.54, 1.807) is 30.9 Å². The molecule has 2 amide bonds. The highest BCUT2D eigenvalue weighted by Gasteiger charge is 2.31. The van der Waals surface area contributed by atoms with Crippen molar-refractivity contribution in [2.45, 2.75) is 19.9 Å². The molecule has 0 aliphatic carbocycles. The number of hydrogen-bond acceptors (Lipinski definition) is 5. The number of aromatic nitrogens is 1. The van der Waals surface area contributed by atoms with Crippen LogP contribution in [0.5, 0.6) is 0 Å². The molecular formula is C11H14N4O2. The SMILES string of the molecule is Cc1nc(N2CC(=O)NC(=O)C2C)ccc1N. The summed E-state index contributed by atoms with van der Waals surface area (Å²) in [7, 11) is 0. The summed E-state index contributed by atoms with van der Waals surface area (Å²) in [5.41, 5.74) is 6.96. The number of nitrogens with one attached hydrogen (secondary N) is 1. The molecule has 0 bridgehead atoms. The summed E-state index contributed by atoms with van der Waals surface area (Å²) < 4.78 is 0. The summed E-state index contributed by atoms with van der Waals surface area (Å²) in [6, 6.07) is 3.02. The lowest BCUT2D eigenvalue weighted by Crippen LogP contribution is -2.57. The van der Waals surface area contributed by atoms with Crippen molar-refractivity contribution in [1.82, 2.24) is 10.3 Å². The molecule has 1 unspecified atom stereocenters. The third-order valence-electron chi connectivity index (χ3n) is 2.83. The zero-order chi connectivity index (χ0) is 12.6. The molecule has 0 aromatic carbocycles. The monoisotopic (exact) mass is 234 g/mol. The first kappa shape index (κ1) is 11.4. The number of hydrogen-bond donors (Lipinski definition) is 2. The van der Waals surface area contributed by atoms with Gasteiger partial charge in [-0.05, 0) is 26.0 Å². The Balaban J connectivity index is 2.34. The molecule has 0 spiro atoms. The van der Waals surface area contributed by atoms with E-state index in [9.17, 15) is 9.59 Å². The van der Waals surface area contributed by atoms with E-state index in [1.165, 1.54) is 0 Å². The maximum absolute atomic E-state index is 11.5. The van der Waals surface area contributed by atoms with E-state index in [4.69, 9.17) is 5.73 Å². The van der Waals surface area contributed by atoms with Crippen LogP contribution in [0.3, 0.4) is 0 Å². The number of carbonyl (C=O) groups excluding carboxylic acids is 2. The molecule has 17 heavy (non-hydrogen) atoms. The van der Waals surface area contributed by atoms with E-state index >= 15 is 0 Å². The molecule has 2 rings (SSSR count). The Kier molecular flexibility index (Phi) is 2.71. The van der Waals surface area contributed by atoms with E-state index in [0.29, 0.717) is 17.2 Å². The fourth-order valence-electron chi connectivity index (χ4n) is 1.71. The Morgan fingerprint density at radius 3 is 2.82 bits per heavy atom. The first-order chi connectivity index (χ1) is 7.99. The van der Waals surface area contributed by atoms with Crippen LogP contribution in [0.25, 0.3) is 0 Å². The van der Waals surface area contributed by atoms with Crippen LogP contribution in [0.1, 0.15) is 12.6 Å². The van der Waals surface area contributed by atoms with E-state index in [1.807, 2.05) is 0 Å². The number of nitrogen functional groups attached to an aromatic ring is 1. The highest BCUT2D eigenvalue weighted by molar-refractivity contribution is 6.04. The molecule has 0 saturated carbocycles. The van der Waals surface area contributed by atoms with Gasteiger partial charge in [0.05, 0.1) is 17.9 Å². The van der Waals surface area contributed by atoms with Gasteiger partial charge in [-0.3, -0.25) is 14.9 Å². The van der Waals surface area contributed by atoms with Crippen molar-refractivity contribution in [2.24, 2.45) is 0 Å². The molecule has 1 fully saturated rings. The Labute approximate surface area is 98.8 Å². The maximum atomic E-state index is 11.5. The largest absolute Gasteiger partial charge is 0.397 e. The minimum Gasteiger partial charge on any atom is -0.397 e. The van der Waals surface area contributed by atoms with Crippen LogP contribution in [-0.2, 0) is 9.59 Å². The number of anilines is 2. The number of rotatable bonds is 1. The lowest BCUT2D eigenvalue weighted by atomic mass is 10.2. The molecule has 6 heteroatoms. The molecule has 6 nitrogen and oxygen atoms in total. The number of nitrogens with zero attached hydrogens (tertiary/aromatic N) is 2. The van der Waals surface area contributed by atoms with Gasteiger partial charge in [0.2, 0.25) is 11.8 Å². The number of amides is 2. The summed E-state index contributed by atoms with van der Waals surface area (Å²) >= 11 is 0. The van der Waals surface area contributed by atoms with Crippen LogP contribution in [0.4, 0.5) is 11.5 Å². The van der Waals surface area contributed by atoms with Crippen molar-refractivity contribution in [2.75, 3.05) is 17.2 Å². The van der Waals surface area contributed by atoms with Crippen molar-refractivity contribution < 1.29 is 9.59 Å². The predicted octanol–water partition coefficient (Wildman–Crippen LogP) is -0.176. The maximum Gasteiger partial charge on any atom is 0.249 e. The first-order valence-electron chi connectivity index (χ1n) is 5.32. The van der Waals surface area contributed by atoms with Gasteiger partial charge >= 0.3 is 0 Å². The normalized spacial score (nSPS) is 20.4. The van der Waals surface area contributed by atoms with Crippen molar-refractivity contribution >= 4 is 23.3 Å². The van der Waals surface area contributed by atoms with Crippen LogP contribution < -0.4 is 16.0 Å². The zero-order valence-electron chi connectivity index (χ0n) is 9.73. The molecule has 1 aliphatic rings. The summed E-state index contributed by atoms with van der Waals surface area (Å²) in [6.07, 6.45) is 0. The number of imide groups is 1. The van der Waals surface area contributed by atoms with Crippen LogP contribution >= 0.6 is 0 Å². The van der Waals surface area contributed by atoms with Crippen LogP contribution in [-0.4, -0.2) is 29.4 Å². The molecule has 1 aliphatic heterocycles. The van der Waals surface area contributed by atoms with Gasteiger partial charge in [0, 0.05) is 0 Å². The molecule has 3 N–H and O–H groups in total. The average molecular weight is 234 g/mol. The Morgan fingerprint density at radius 1 is 1.47 bits per heavy atom. The smallest absolute Gasteiger partial charge is 0.249 e. The number of pyridine rings is 1. The number of carbonyl (C=O) groups is 2. The second kappa shape index (κ2) is 4.04. The molecular weight excluding hydrogens is 220 g/mol. The Hall–Kier alpha value is -2.11. The van der Waals surface area contributed by atoms with Gasteiger partial charge in [-0.25, -0.2) is 4.98 Å². The zero-order valence-corrected chi connectivity index (χ0v) is 9.73. The molecule has 90 valence electrons. The highest BCUT2D eigenvalue weighted by atomic mass is 16.2. The lowest BCUT2D eigenvalue weighted by molar-refractivity contribution is -0.132. The Bertz CT molecular complexity index is 486. The topological polar surface area (TPSA) is 88.3 Å². The van der Waals surface area contributed by atoms with Crippen LogP contribution in [0.2, 0.25) is 0 Å². The summed E-state index contributed by atoms with van der Waals surface area (Å²) in [4.78, 5) is 28.8. The van der Waals surface area contributed by atoms with Gasteiger partial charge in [-0.2, -0.15) is 0 Å². The number of nitrogens with two attached hydrogens (primary N) is 1. The highest BCUT2D eigenvalue weighted by Crippen LogP contribution is 2.19. The third-order valence-corrected chi connectivity index (χ3v) is 2.83. The van der Waals surface area contributed by atoms with E-state index < -0.39 is 6.04 Å². The number of aryl methyl sites for hydroxylation is 1. The van der Waals surface area contributed by atoms with Gasteiger partial charge in [0.15, 0.2) is 0 Å².